The van der Waals surface area contributed by atoms with Crippen molar-refractivity contribution in [1.29, 1.82) is 0 Å². The van der Waals surface area contributed by atoms with Crippen molar-refractivity contribution < 1.29 is 22.4 Å². The highest BCUT2D eigenvalue weighted by molar-refractivity contribution is 6.03. The molecule has 0 aliphatic heterocycles. The number of anilines is 1. The molecule has 0 radical (unpaired) electrons. The lowest BCUT2D eigenvalue weighted by molar-refractivity contribution is -0.141. The lowest BCUT2D eigenvalue weighted by atomic mass is 10.2. The number of benzene rings is 1. The van der Waals surface area contributed by atoms with E-state index in [0.29, 0.717) is 10.9 Å². The van der Waals surface area contributed by atoms with Crippen molar-refractivity contribution in [2.75, 3.05) is 5.32 Å². The zero-order valence-corrected chi connectivity index (χ0v) is 13.8. The molecule has 1 amide bonds. The van der Waals surface area contributed by atoms with Crippen molar-refractivity contribution in [2.24, 2.45) is 0 Å². The second kappa shape index (κ2) is 6.40. The second-order valence-corrected chi connectivity index (χ2v) is 5.95. The number of pyridine rings is 1. The van der Waals surface area contributed by atoms with E-state index in [9.17, 15) is 22.4 Å². The molecule has 0 aliphatic rings. The standard InChI is InChI=1S/C17H14F4N4O/c1-9(2)25-8-10-6-14(11(18)7-13(10)24-25)23-16(26)12-4-3-5-15(22-12)17(19,20)21/h3-9H,1-2H3,(H,23,26). The minimum absolute atomic E-state index is 0.0674. The van der Waals surface area contributed by atoms with Gasteiger partial charge in [-0.3, -0.25) is 9.48 Å². The summed E-state index contributed by atoms with van der Waals surface area (Å²) in [4.78, 5) is 15.4. The van der Waals surface area contributed by atoms with Crippen LogP contribution in [0.1, 0.15) is 36.1 Å². The SMILES string of the molecule is CC(C)n1cc2cc(NC(=O)c3cccc(C(F)(F)F)n3)c(F)cc2n1. The molecule has 0 saturated heterocycles. The van der Waals surface area contributed by atoms with Crippen molar-refractivity contribution in [3.8, 4) is 0 Å². The molecule has 5 nitrogen and oxygen atoms in total. The Kier molecular flexibility index (Phi) is 4.39. The summed E-state index contributed by atoms with van der Waals surface area (Å²) < 4.78 is 54.0. The average molecular weight is 366 g/mol. The van der Waals surface area contributed by atoms with E-state index in [0.717, 1.165) is 24.3 Å². The van der Waals surface area contributed by atoms with Gasteiger partial charge in [0.25, 0.3) is 5.91 Å². The van der Waals surface area contributed by atoms with Crippen LogP contribution >= 0.6 is 0 Å². The fourth-order valence-electron chi connectivity index (χ4n) is 2.33. The van der Waals surface area contributed by atoms with Crippen LogP contribution in [0.5, 0.6) is 0 Å². The minimum Gasteiger partial charge on any atom is -0.318 e. The molecule has 1 aromatic carbocycles. The van der Waals surface area contributed by atoms with Crippen LogP contribution in [0.2, 0.25) is 0 Å². The van der Waals surface area contributed by atoms with Gasteiger partial charge in [0.1, 0.15) is 17.2 Å². The van der Waals surface area contributed by atoms with E-state index in [-0.39, 0.29) is 11.7 Å². The number of hydrogen-bond donors (Lipinski definition) is 1. The maximum atomic E-state index is 14.2. The Hall–Kier alpha value is -2.97. The molecule has 0 atom stereocenters. The molecule has 0 bridgehead atoms. The van der Waals surface area contributed by atoms with Gasteiger partial charge in [0, 0.05) is 23.7 Å². The van der Waals surface area contributed by atoms with E-state index >= 15 is 0 Å². The van der Waals surface area contributed by atoms with Gasteiger partial charge in [-0.15, -0.1) is 0 Å². The number of carbonyl (C=O) groups excluding carboxylic acids is 1. The first-order valence-electron chi connectivity index (χ1n) is 7.69. The third-order valence-corrected chi connectivity index (χ3v) is 3.66. The molecule has 0 fully saturated rings. The van der Waals surface area contributed by atoms with Gasteiger partial charge < -0.3 is 5.32 Å². The number of amides is 1. The number of carbonyl (C=O) groups is 1. The third kappa shape index (κ3) is 3.51. The van der Waals surface area contributed by atoms with E-state index in [1.165, 1.54) is 6.07 Å². The Morgan fingerprint density at radius 2 is 1.96 bits per heavy atom. The molecule has 0 spiro atoms. The Labute approximate surface area is 145 Å². The maximum Gasteiger partial charge on any atom is 0.433 e. The third-order valence-electron chi connectivity index (χ3n) is 3.66. The second-order valence-electron chi connectivity index (χ2n) is 5.95. The van der Waals surface area contributed by atoms with Crippen LogP contribution in [0.3, 0.4) is 0 Å². The van der Waals surface area contributed by atoms with Crippen molar-refractivity contribution in [3.63, 3.8) is 0 Å². The summed E-state index contributed by atoms with van der Waals surface area (Å²) in [7, 11) is 0. The highest BCUT2D eigenvalue weighted by Gasteiger charge is 2.33. The Bertz CT molecular complexity index is 979. The van der Waals surface area contributed by atoms with Gasteiger partial charge in [0.05, 0.1) is 11.2 Å². The summed E-state index contributed by atoms with van der Waals surface area (Å²) >= 11 is 0. The van der Waals surface area contributed by atoms with Crippen LogP contribution in [0, 0.1) is 5.82 Å². The smallest absolute Gasteiger partial charge is 0.318 e. The largest absolute Gasteiger partial charge is 0.433 e. The quantitative estimate of drug-likeness (QED) is 0.698. The van der Waals surface area contributed by atoms with Crippen LogP contribution in [0.4, 0.5) is 23.2 Å². The lowest BCUT2D eigenvalue weighted by Gasteiger charge is -2.09. The first-order valence-corrected chi connectivity index (χ1v) is 7.69. The predicted molar refractivity (Wildman–Crippen MR) is 87.3 cm³/mol. The molecule has 3 aromatic rings. The molecule has 0 aliphatic carbocycles. The van der Waals surface area contributed by atoms with Crippen LogP contribution < -0.4 is 5.32 Å². The number of halogens is 4. The van der Waals surface area contributed by atoms with Crippen LogP contribution in [-0.4, -0.2) is 20.7 Å². The summed E-state index contributed by atoms with van der Waals surface area (Å²) in [5, 5.41) is 7.06. The first-order chi connectivity index (χ1) is 12.1. The summed E-state index contributed by atoms with van der Waals surface area (Å²) in [6.45, 7) is 3.81. The summed E-state index contributed by atoms with van der Waals surface area (Å²) in [5.74, 6) is -1.68. The van der Waals surface area contributed by atoms with E-state index in [2.05, 4.69) is 15.4 Å². The highest BCUT2D eigenvalue weighted by Crippen LogP contribution is 2.28. The van der Waals surface area contributed by atoms with Gasteiger partial charge in [-0.1, -0.05) is 6.07 Å². The van der Waals surface area contributed by atoms with Crippen molar-refractivity contribution in [2.45, 2.75) is 26.1 Å². The topological polar surface area (TPSA) is 59.8 Å². The van der Waals surface area contributed by atoms with E-state index in [4.69, 9.17) is 0 Å². The summed E-state index contributed by atoms with van der Waals surface area (Å²) in [6, 6.07) is 5.54. The van der Waals surface area contributed by atoms with Gasteiger partial charge in [-0.2, -0.15) is 18.3 Å². The molecule has 3 rings (SSSR count). The van der Waals surface area contributed by atoms with Gasteiger partial charge in [-0.05, 0) is 32.0 Å². The van der Waals surface area contributed by atoms with Crippen LogP contribution in [0.15, 0.2) is 36.5 Å². The van der Waals surface area contributed by atoms with Crippen molar-refractivity contribution in [3.05, 3.63) is 53.7 Å². The molecule has 2 aromatic heterocycles. The number of hydrogen-bond acceptors (Lipinski definition) is 3. The van der Waals surface area contributed by atoms with E-state index < -0.39 is 29.3 Å². The fourth-order valence-corrected chi connectivity index (χ4v) is 2.33. The minimum atomic E-state index is -4.67. The molecule has 9 heteroatoms. The van der Waals surface area contributed by atoms with Gasteiger partial charge in [0.2, 0.25) is 0 Å². The Morgan fingerprint density at radius 1 is 1.23 bits per heavy atom. The number of nitrogens with one attached hydrogen (secondary N) is 1. The highest BCUT2D eigenvalue weighted by atomic mass is 19.4. The first kappa shape index (κ1) is 17.8. The monoisotopic (exact) mass is 366 g/mol. The average Bonchev–Trinajstić information content (AvgIpc) is 2.97. The zero-order valence-electron chi connectivity index (χ0n) is 13.8. The number of alkyl halides is 3. The zero-order chi connectivity index (χ0) is 19.1. The maximum absolute atomic E-state index is 14.2. The van der Waals surface area contributed by atoms with Crippen LogP contribution in [0.25, 0.3) is 10.9 Å². The molecular weight excluding hydrogens is 352 g/mol. The molecule has 0 saturated carbocycles. The lowest BCUT2D eigenvalue weighted by Crippen LogP contribution is -2.17. The predicted octanol–water partition coefficient (Wildman–Crippen LogP) is 4.42. The molecule has 0 unspecified atom stereocenters. The normalized spacial score (nSPS) is 12.0. The van der Waals surface area contributed by atoms with Crippen molar-refractivity contribution >= 4 is 22.5 Å². The molecule has 136 valence electrons. The molecule has 26 heavy (non-hydrogen) atoms. The van der Waals surface area contributed by atoms with E-state index in [1.54, 1.807) is 10.9 Å². The molecule has 1 N–H and O–H groups in total. The van der Waals surface area contributed by atoms with Gasteiger partial charge in [0.15, 0.2) is 0 Å². The Balaban J connectivity index is 1.91. The number of rotatable bonds is 3. The van der Waals surface area contributed by atoms with E-state index in [1.807, 2.05) is 13.8 Å². The van der Waals surface area contributed by atoms with Crippen LogP contribution in [-0.2, 0) is 6.18 Å². The number of nitrogens with zero attached hydrogens (tertiary/aromatic N) is 3. The number of aromatic nitrogens is 3. The fraction of sp³-hybridized carbons (Fsp3) is 0.235. The number of fused-ring (bicyclic) bond motifs is 1. The summed E-state index contributed by atoms with van der Waals surface area (Å²) in [5.41, 5.74) is -1.41. The van der Waals surface area contributed by atoms with Crippen molar-refractivity contribution in [1.82, 2.24) is 14.8 Å². The Morgan fingerprint density at radius 3 is 2.62 bits per heavy atom. The van der Waals surface area contributed by atoms with Gasteiger partial charge >= 0.3 is 6.18 Å². The molecule has 2 heterocycles. The molecular formula is C17H14F4N4O. The summed E-state index contributed by atoms with van der Waals surface area (Å²) in [6.07, 6.45) is -2.98. The van der Waals surface area contributed by atoms with Gasteiger partial charge in [-0.25, -0.2) is 9.37 Å².